The van der Waals surface area contributed by atoms with Crippen LogP contribution in [-0.2, 0) is 13.0 Å². The average Bonchev–Trinajstić information content (AvgIpc) is 2.79. The highest BCUT2D eigenvalue weighted by atomic mass is 16.4. The Morgan fingerprint density at radius 1 is 1.14 bits per heavy atom. The number of carboxylic acid groups (broad SMARTS) is 1. The second kappa shape index (κ2) is 5.58. The Bertz CT molecular complexity index is 560. The van der Waals surface area contributed by atoms with Gasteiger partial charge in [-0.2, -0.15) is 0 Å². The van der Waals surface area contributed by atoms with E-state index in [0.717, 1.165) is 51.7 Å². The molecule has 118 valence electrons. The van der Waals surface area contributed by atoms with E-state index < -0.39 is 6.09 Å². The molecular formula is C18H24N2O2. The highest BCUT2D eigenvalue weighted by molar-refractivity contribution is 5.66. The summed E-state index contributed by atoms with van der Waals surface area (Å²) >= 11 is 0. The Hall–Kier alpha value is -1.55. The molecule has 22 heavy (non-hydrogen) atoms. The largest absolute Gasteiger partial charge is 0.465 e. The van der Waals surface area contributed by atoms with Crippen LogP contribution in [0.3, 0.4) is 0 Å². The van der Waals surface area contributed by atoms with Crippen LogP contribution in [0.5, 0.6) is 0 Å². The maximum Gasteiger partial charge on any atom is 0.407 e. The van der Waals surface area contributed by atoms with E-state index in [1.165, 1.54) is 11.1 Å². The Balaban J connectivity index is 1.39. The summed E-state index contributed by atoms with van der Waals surface area (Å²) < 4.78 is 0. The summed E-state index contributed by atoms with van der Waals surface area (Å²) in [6.07, 6.45) is 4.68. The predicted octanol–water partition coefficient (Wildman–Crippen LogP) is 2.97. The number of amides is 1. The molecule has 3 aliphatic rings. The van der Waals surface area contributed by atoms with E-state index in [0.29, 0.717) is 5.92 Å². The summed E-state index contributed by atoms with van der Waals surface area (Å²) in [5, 5.41) is 9.35. The lowest BCUT2D eigenvalue weighted by atomic mass is 9.89. The molecule has 2 unspecified atom stereocenters. The fourth-order valence-electron chi connectivity index (χ4n) is 4.83. The summed E-state index contributed by atoms with van der Waals surface area (Å²) in [5.74, 6) is 0.665. The zero-order chi connectivity index (χ0) is 15.1. The highest BCUT2D eigenvalue weighted by Gasteiger charge is 2.43. The Morgan fingerprint density at radius 2 is 1.82 bits per heavy atom. The van der Waals surface area contributed by atoms with Gasteiger partial charge in [0.1, 0.15) is 0 Å². The van der Waals surface area contributed by atoms with Gasteiger partial charge in [-0.25, -0.2) is 4.79 Å². The molecule has 2 atom stereocenters. The lowest BCUT2D eigenvalue weighted by molar-refractivity contribution is 0.0718. The van der Waals surface area contributed by atoms with E-state index in [2.05, 4.69) is 29.2 Å². The minimum absolute atomic E-state index is 0.276. The van der Waals surface area contributed by atoms with Crippen molar-refractivity contribution in [3.05, 3.63) is 35.4 Å². The monoisotopic (exact) mass is 300 g/mol. The molecule has 4 heteroatoms. The number of hydrogen-bond donors (Lipinski definition) is 1. The topological polar surface area (TPSA) is 43.8 Å². The third-order valence-corrected chi connectivity index (χ3v) is 5.78. The molecule has 2 fully saturated rings. The van der Waals surface area contributed by atoms with Crippen LogP contribution in [0.1, 0.15) is 36.8 Å². The molecule has 0 saturated carbocycles. The van der Waals surface area contributed by atoms with Gasteiger partial charge in [0.05, 0.1) is 0 Å². The predicted molar refractivity (Wildman–Crippen MR) is 84.8 cm³/mol. The Kier molecular flexibility index (Phi) is 3.57. The van der Waals surface area contributed by atoms with Crippen molar-refractivity contribution in [3.8, 4) is 0 Å². The van der Waals surface area contributed by atoms with Crippen LogP contribution >= 0.6 is 0 Å². The molecule has 1 N–H and O–H groups in total. The number of carbonyl (C=O) groups is 1. The fourth-order valence-corrected chi connectivity index (χ4v) is 4.83. The van der Waals surface area contributed by atoms with Crippen LogP contribution in [-0.4, -0.2) is 46.2 Å². The standard InChI is InChI=1S/C18H24N2O2/c21-18(22)20-16-5-6-17(20)10-13(9-16)11-19-8-7-14-3-1-2-4-15(14)12-19/h1-4,13,16-17H,5-12H2,(H,21,22). The number of nitrogens with zero attached hydrogens (tertiary/aromatic N) is 2. The molecule has 4 nitrogen and oxygen atoms in total. The molecule has 2 bridgehead atoms. The first kappa shape index (κ1) is 14.1. The number of piperidine rings is 1. The Morgan fingerprint density at radius 3 is 2.50 bits per heavy atom. The van der Waals surface area contributed by atoms with Gasteiger partial charge in [0.2, 0.25) is 0 Å². The lowest BCUT2D eigenvalue weighted by Crippen LogP contribution is -2.48. The van der Waals surface area contributed by atoms with E-state index >= 15 is 0 Å². The van der Waals surface area contributed by atoms with Crippen molar-refractivity contribution in [2.75, 3.05) is 13.1 Å². The molecule has 0 aromatic heterocycles. The van der Waals surface area contributed by atoms with Crippen molar-refractivity contribution in [1.29, 1.82) is 0 Å². The summed E-state index contributed by atoms with van der Waals surface area (Å²) in [6, 6.07) is 9.31. The molecule has 4 rings (SSSR count). The summed E-state index contributed by atoms with van der Waals surface area (Å²) in [4.78, 5) is 15.7. The molecule has 3 aliphatic heterocycles. The zero-order valence-electron chi connectivity index (χ0n) is 12.9. The third kappa shape index (κ3) is 2.50. The van der Waals surface area contributed by atoms with E-state index in [1.54, 1.807) is 4.90 Å². The highest BCUT2D eigenvalue weighted by Crippen LogP contribution is 2.39. The van der Waals surface area contributed by atoms with Crippen LogP contribution < -0.4 is 0 Å². The first-order valence-electron chi connectivity index (χ1n) is 8.51. The third-order valence-electron chi connectivity index (χ3n) is 5.78. The van der Waals surface area contributed by atoms with Crippen molar-refractivity contribution in [2.24, 2.45) is 5.92 Å². The average molecular weight is 300 g/mol. The minimum atomic E-state index is -0.710. The van der Waals surface area contributed by atoms with Crippen LogP contribution in [0.25, 0.3) is 0 Å². The SMILES string of the molecule is O=C(O)N1C2CCC1CC(CN1CCc3ccccc3C1)C2. The smallest absolute Gasteiger partial charge is 0.407 e. The summed E-state index contributed by atoms with van der Waals surface area (Å²) in [6.45, 7) is 3.34. The first-order valence-corrected chi connectivity index (χ1v) is 8.51. The normalized spacial score (nSPS) is 31.1. The van der Waals surface area contributed by atoms with Gasteiger partial charge in [0.25, 0.3) is 0 Å². The van der Waals surface area contributed by atoms with Crippen LogP contribution in [0.15, 0.2) is 24.3 Å². The van der Waals surface area contributed by atoms with Crippen LogP contribution in [0.4, 0.5) is 4.79 Å². The summed E-state index contributed by atoms with van der Waals surface area (Å²) in [7, 11) is 0. The fraction of sp³-hybridized carbons (Fsp3) is 0.611. The molecule has 1 aromatic rings. The minimum Gasteiger partial charge on any atom is -0.465 e. The van der Waals surface area contributed by atoms with E-state index in [9.17, 15) is 9.90 Å². The number of hydrogen-bond acceptors (Lipinski definition) is 2. The quantitative estimate of drug-likeness (QED) is 0.913. The van der Waals surface area contributed by atoms with Gasteiger partial charge < -0.3 is 10.0 Å². The second-order valence-corrected chi connectivity index (χ2v) is 7.17. The maximum atomic E-state index is 11.4. The molecule has 0 radical (unpaired) electrons. The van der Waals surface area contributed by atoms with Crippen molar-refractivity contribution >= 4 is 6.09 Å². The molecule has 1 aromatic carbocycles. The van der Waals surface area contributed by atoms with Crippen molar-refractivity contribution in [2.45, 2.75) is 50.7 Å². The molecule has 3 heterocycles. The van der Waals surface area contributed by atoms with Crippen molar-refractivity contribution in [3.63, 3.8) is 0 Å². The first-order chi connectivity index (χ1) is 10.7. The van der Waals surface area contributed by atoms with Gasteiger partial charge in [-0.1, -0.05) is 24.3 Å². The van der Waals surface area contributed by atoms with Gasteiger partial charge in [-0.15, -0.1) is 0 Å². The van der Waals surface area contributed by atoms with Gasteiger partial charge in [-0.05, 0) is 49.1 Å². The van der Waals surface area contributed by atoms with E-state index in [-0.39, 0.29) is 12.1 Å². The zero-order valence-corrected chi connectivity index (χ0v) is 12.9. The van der Waals surface area contributed by atoms with Gasteiger partial charge >= 0.3 is 6.09 Å². The molecule has 0 aliphatic carbocycles. The number of fused-ring (bicyclic) bond motifs is 3. The van der Waals surface area contributed by atoms with Gasteiger partial charge in [-0.3, -0.25) is 4.90 Å². The van der Waals surface area contributed by atoms with Crippen LogP contribution in [0, 0.1) is 5.92 Å². The van der Waals surface area contributed by atoms with Gasteiger partial charge in [0.15, 0.2) is 0 Å². The van der Waals surface area contributed by atoms with Crippen LogP contribution in [0.2, 0.25) is 0 Å². The molecular weight excluding hydrogens is 276 g/mol. The second-order valence-electron chi connectivity index (χ2n) is 7.17. The number of benzene rings is 1. The maximum absolute atomic E-state index is 11.4. The Labute approximate surface area is 131 Å². The van der Waals surface area contributed by atoms with E-state index in [4.69, 9.17) is 0 Å². The van der Waals surface area contributed by atoms with Gasteiger partial charge in [0, 0.05) is 31.7 Å². The van der Waals surface area contributed by atoms with Crippen molar-refractivity contribution < 1.29 is 9.90 Å². The molecule has 1 amide bonds. The summed E-state index contributed by atoms with van der Waals surface area (Å²) in [5.41, 5.74) is 2.97. The molecule has 2 saturated heterocycles. The van der Waals surface area contributed by atoms with Crippen molar-refractivity contribution in [1.82, 2.24) is 9.80 Å². The lowest BCUT2D eigenvalue weighted by Gasteiger charge is -2.40. The number of rotatable bonds is 2. The van der Waals surface area contributed by atoms with E-state index in [1.807, 2.05) is 0 Å². The molecule has 0 spiro atoms.